The normalized spacial score (nSPS) is 9.75. The summed E-state index contributed by atoms with van der Waals surface area (Å²) in [5, 5.41) is 28.6. The second-order valence-corrected chi connectivity index (χ2v) is 3.90. The minimum absolute atomic E-state index is 0.198. The van der Waals surface area contributed by atoms with E-state index in [1.807, 2.05) is 6.07 Å². The van der Waals surface area contributed by atoms with Crippen LogP contribution < -0.4 is 0 Å². The van der Waals surface area contributed by atoms with Crippen LogP contribution in [-0.4, -0.2) is 21.0 Å². The van der Waals surface area contributed by atoms with E-state index >= 15 is 0 Å². The fourth-order valence-corrected chi connectivity index (χ4v) is 1.67. The zero-order chi connectivity index (χ0) is 14.7. The summed E-state index contributed by atoms with van der Waals surface area (Å²) in [7, 11) is 0. The van der Waals surface area contributed by atoms with Crippen molar-refractivity contribution in [2.75, 3.05) is 0 Å². The lowest BCUT2D eigenvalue weighted by Crippen LogP contribution is -1.99. The summed E-state index contributed by atoms with van der Waals surface area (Å²) >= 11 is 0. The molecule has 0 aliphatic rings. The van der Waals surface area contributed by atoms with Crippen molar-refractivity contribution in [2.45, 2.75) is 0 Å². The molecule has 1 N–H and O–H groups in total. The molecule has 2 aromatic rings. The Bertz CT molecular complexity index is 717. The van der Waals surface area contributed by atoms with E-state index in [2.05, 4.69) is 4.98 Å². The molecule has 1 aromatic carbocycles. The highest BCUT2D eigenvalue weighted by Crippen LogP contribution is 2.26. The van der Waals surface area contributed by atoms with Crippen LogP contribution in [0.3, 0.4) is 0 Å². The van der Waals surface area contributed by atoms with Crippen LogP contribution in [0.1, 0.15) is 15.9 Å². The summed E-state index contributed by atoms with van der Waals surface area (Å²) < 4.78 is 0. The quantitative estimate of drug-likeness (QED) is 0.674. The first-order chi connectivity index (χ1) is 9.51. The average molecular weight is 269 g/mol. The molecule has 0 aliphatic heterocycles. The second kappa shape index (κ2) is 5.16. The summed E-state index contributed by atoms with van der Waals surface area (Å²) in [6.45, 7) is 0. The molecule has 0 saturated carbocycles. The number of carbonyl (C=O) groups is 1. The molecular formula is C13H7N3O4. The maximum Gasteiger partial charge on any atom is 0.335 e. The molecule has 7 heteroatoms. The molecule has 0 aliphatic carbocycles. The van der Waals surface area contributed by atoms with Crippen molar-refractivity contribution in [2.24, 2.45) is 0 Å². The summed E-state index contributed by atoms with van der Waals surface area (Å²) in [6.07, 6.45) is 2.75. The third-order valence-electron chi connectivity index (χ3n) is 2.58. The van der Waals surface area contributed by atoms with Crippen molar-refractivity contribution in [3.8, 4) is 17.2 Å². The first-order valence-corrected chi connectivity index (χ1v) is 5.39. The van der Waals surface area contributed by atoms with Crippen LogP contribution in [0.2, 0.25) is 0 Å². The Labute approximate surface area is 112 Å². The summed E-state index contributed by atoms with van der Waals surface area (Å²) in [6, 6.07) is 6.90. The minimum Gasteiger partial charge on any atom is -0.478 e. The van der Waals surface area contributed by atoms with Crippen LogP contribution in [0.4, 0.5) is 5.69 Å². The number of nitro groups is 1. The van der Waals surface area contributed by atoms with E-state index in [1.54, 1.807) is 0 Å². The van der Waals surface area contributed by atoms with Gasteiger partial charge in [-0.2, -0.15) is 5.26 Å². The van der Waals surface area contributed by atoms with E-state index in [4.69, 9.17) is 10.4 Å². The highest BCUT2D eigenvalue weighted by atomic mass is 16.6. The zero-order valence-electron chi connectivity index (χ0n) is 9.98. The number of nitriles is 1. The number of hydrogen-bond donors (Lipinski definition) is 1. The second-order valence-electron chi connectivity index (χ2n) is 3.90. The van der Waals surface area contributed by atoms with Crippen LogP contribution in [0, 0.1) is 21.4 Å². The molecule has 2 rings (SSSR count). The van der Waals surface area contributed by atoms with Gasteiger partial charge in [0.1, 0.15) is 6.07 Å². The molecule has 7 nitrogen and oxygen atoms in total. The van der Waals surface area contributed by atoms with E-state index in [0.717, 1.165) is 6.07 Å². The van der Waals surface area contributed by atoms with Crippen molar-refractivity contribution in [1.82, 2.24) is 4.98 Å². The highest BCUT2D eigenvalue weighted by Gasteiger charge is 2.15. The molecule has 20 heavy (non-hydrogen) atoms. The number of benzene rings is 1. The average Bonchev–Trinajstić information content (AvgIpc) is 2.46. The van der Waals surface area contributed by atoms with Gasteiger partial charge in [0.25, 0.3) is 5.69 Å². The molecule has 0 atom stereocenters. The molecular weight excluding hydrogens is 262 g/mol. The van der Waals surface area contributed by atoms with Crippen molar-refractivity contribution >= 4 is 11.7 Å². The predicted octanol–water partition coefficient (Wildman–Crippen LogP) is 2.23. The lowest BCUT2D eigenvalue weighted by atomic mass is 10.0. The number of rotatable bonds is 3. The Morgan fingerprint density at radius 3 is 2.60 bits per heavy atom. The first kappa shape index (κ1) is 13.2. The van der Waals surface area contributed by atoms with Gasteiger partial charge in [-0.1, -0.05) is 0 Å². The van der Waals surface area contributed by atoms with Crippen molar-refractivity contribution in [3.63, 3.8) is 0 Å². The number of non-ortho nitro benzene ring substituents is 1. The number of aromatic carboxylic acids is 1. The molecule has 0 amide bonds. The van der Waals surface area contributed by atoms with Gasteiger partial charge in [-0.15, -0.1) is 0 Å². The van der Waals surface area contributed by atoms with E-state index in [9.17, 15) is 14.9 Å². The van der Waals surface area contributed by atoms with E-state index in [-0.39, 0.29) is 16.8 Å². The topological polar surface area (TPSA) is 117 Å². The van der Waals surface area contributed by atoms with Gasteiger partial charge in [0.2, 0.25) is 0 Å². The maximum atomic E-state index is 11.0. The predicted molar refractivity (Wildman–Crippen MR) is 68.0 cm³/mol. The van der Waals surface area contributed by atoms with E-state index in [0.29, 0.717) is 11.1 Å². The fourth-order valence-electron chi connectivity index (χ4n) is 1.67. The van der Waals surface area contributed by atoms with E-state index in [1.165, 1.54) is 30.6 Å². The third kappa shape index (κ3) is 2.59. The number of aromatic nitrogens is 1. The molecule has 1 heterocycles. The molecule has 0 spiro atoms. The summed E-state index contributed by atoms with van der Waals surface area (Å²) in [4.78, 5) is 25.0. The van der Waals surface area contributed by atoms with Gasteiger partial charge in [0.15, 0.2) is 0 Å². The molecule has 1 aromatic heterocycles. The SMILES string of the molecule is N#Cc1cncc(-c2cc(C(=O)O)cc([N+](=O)[O-])c2)c1. The molecule has 0 radical (unpaired) electrons. The van der Waals surface area contributed by atoms with Crippen LogP contribution in [-0.2, 0) is 0 Å². The first-order valence-electron chi connectivity index (χ1n) is 5.39. The standard InChI is InChI=1S/C13H7N3O4/c14-5-8-1-11(7-15-6-8)9-2-10(13(17)18)4-12(3-9)16(19)20/h1-4,6-7H,(H,17,18). The fraction of sp³-hybridized carbons (Fsp3) is 0. The number of nitro benzene ring substituents is 1. The number of hydrogen-bond acceptors (Lipinski definition) is 5. The van der Waals surface area contributed by atoms with Gasteiger partial charge < -0.3 is 5.11 Å². The zero-order valence-corrected chi connectivity index (χ0v) is 9.98. The summed E-state index contributed by atoms with van der Waals surface area (Å²) in [5.74, 6) is -1.26. The third-order valence-corrected chi connectivity index (χ3v) is 2.58. The molecule has 0 saturated heterocycles. The van der Waals surface area contributed by atoms with Crippen LogP contribution >= 0.6 is 0 Å². The van der Waals surface area contributed by atoms with Crippen LogP contribution in [0.25, 0.3) is 11.1 Å². The smallest absolute Gasteiger partial charge is 0.335 e. The van der Waals surface area contributed by atoms with Gasteiger partial charge in [0, 0.05) is 30.1 Å². The van der Waals surface area contributed by atoms with Crippen LogP contribution in [0.15, 0.2) is 36.7 Å². The molecule has 0 unspecified atom stereocenters. The Kier molecular flexibility index (Phi) is 3.39. The molecule has 0 fully saturated rings. The number of nitrogens with zero attached hydrogens (tertiary/aromatic N) is 3. The number of pyridine rings is 1. The molecule has 98 valence electrons. The Morgan fingerprint density at radius 2 is 2.00 bits per heavy atom. The number of carboxylic acids is 1. The van der Waals surface area contributed by atoms with Crippen molar-refractivity contribution in [1.29, 1.82) is 5.26 Å². The monoisotopic (exact) mass is 269 g/mol. The Balaban J connectivity index is 2.63. The summed E-state index contributed by atoms with van der Waals surface area (Å²) in [5.41, 5.74) is 0.515. The van der Waals surface area contributed by atoms with Gasteiger partial charge in [-0.3, -0.25) is 15.1 Å². The van der Waals surface area contributed by atoms with Gasteiger partial charge in [-0.05, 0) is 17.7 Å². The Hall–Kier alpha value is -3.27. The Morgan fingerprint density at radius 1 is 1.25 bits per heavy atom. The van der Waals surface area contributed by atoms with Gasteiger partial charge in [-0.25, -0.2) is 4.79 Å². The van der Waals surface area contributed by atoms with Crippen molar-refractivity contribution in [3.05, 3.63) is 57.9 Å². The highest BCUT2D eigenvalue weighted by molar-refractivity contribution is 5.90. The van der Waals surface area contributed by atoms with E-state index < -0.39 is 10.9 Å². The minimum atomic E-state index is -1.26. The maximum absolute atomic E-state index is 11.0. The largest absolute Gasteiger partial charge is 0.478 e. The van der Waals surface area contributed by atoms with Gasteiger partial charge >= 0.3 is 5.97 Å². The lowest BCUT2D eigenvalue weighted by Gasteiger charge is -2.04. The van der Waals surface area contributed by atoms with Gasteiger partial charge in [0.05, 0.1) is 16.1 Å². The lowest BCUT2D eigenvalue weighted by molar-refractivity contribution is -0.384. The number of carboxylic acid groups (broad SMARTS) is 1. The van der Waals surface area contributed by atoms with Crippen LogP contribution in [0.5, 0.6) is 0 Å². The van der Waals surface area contributed by atoms with Crippen molar-refractivity contribution < 1.29 is 14.8 Å². The molecule has 0 bridgehead atoms.